The number of likely N-dealkylation sites (tertiary alicyclic amines) is 1. The molecule has 27 heavy (non-hydrogen) atoms. The highest BCUT2D eigenvalue weighted by Gasteiger charge is 2.48. The number of piperidine rings is 1. The molecule has 5 nitrogen and oxygen atoms in total. The first-order valence-electron chi connectivity index (χ1n) is 9.69. The van der Waals surface area contributed by atoms with Crippen LogP contribution in [0.2, 0.25) is 0 Å². The molecule has 6 heteroatoms. The van der Waals surface area contributed by atoms with E-state index in [0.29, 0.717) is 24.2 Å². The van der Waals surface area contributed by atoms with Crippen molar-refractivity contribution in [2.45, 2.75) is 45.2 Å². The van der Waals surface area contributed by atoms with Crippen LogP contribution in [0.15, 0.2) is 18.2 Å². The third-order valence-corrected chi connectivity index (χ3v) is 7.46. The van der Waals surface area contributed by atoms with Crippen molar-refractivity contribution < 1.29 is 4.79 Å². The average molecular weight is 385 g/mol. The predicted molar refractivity (Wildman–Crippen MR) is 111 cm³/mol. The molecule has 1 aromatic heterocycles. The molecule has 2 N–H and O–H groups in total. The van der Waals surface area contributed by atoms with E-state index in [4.69, 9.17) is 10.7 Å². The second kappa shape index (κ2) is 6.91. The maximum atomic E-state index is 13.6. The maximum absolute atomic E-state index is 13.6. The lowest BCUT2D eigenvalue weighted by atomic mass is 9.98. The van der Waals surface area contributed by atoms with Crippen molar-refractivity contribution in [3.8, 4) is 10.4 Å². The van der Waals surface area contributed by atoms with Crippen molar-refractivity contribution >= 4 is 22.4 Å². The van der Waals surface area contributed by atoms with E-state index < -0.39 is 0 Å². The van der Waals surface area contributed by atoms with Gasteiger partial charge in [-0.3, -0.25) is 4.79 Å². The Hall–Kier alpha value is -1.92. The molecule has 3 atom stereocenters. The lowest BCUT2D eigenvalue weighted by molar-refractivity contribution is 0.0598. The molecule has 1 aliphatic heterocycles. The molecule has 2 fully saturated rings. The summed E-state index contributed by atoms with van der Waals surface area (Å²) >= 11 is 1.59. The molecule has 2 aliphatic rings. The lowest BCUT2D eigenvalue weighted by Gasteiger charge is -2.34. The van der Waals surface area contributed by atoms with E-state index in [2.05, 4.69) is 32.0 Å². The number of rotatable bonds is 4. The number of carbonyl (C=O) groups excluding carboxylic acids is 1. The van der Waals surface area contributed by atoms with Crippen LogP contribution in [-0.2, 0) is 0 Å². The van der Waals surface area contributed by atoms with Crippen LogP contribution in [0.5, 0.6) is 0 Å². The third-order valence-electron chi connectivity index (χ3n) is 6.19. The zero-order chi connectivity index (χ0) is 19.3. The Morgan fingerprint density at radius 3 is 2.74 bits per heavy atom. The Morgan fingerprint density at radius 2 is 2.07 bits per heavy atom. The minimum Gasteiger partial charge on any atom is -0.354 e. The Morgan fingerprint density at radius 1 is 1.30 bits per heavy atom. The van der Waals surface area contributed by atoms with Gasteiger partial charge < -0.3 is 15.5 Å². The highest BCUT2D eigenvalue weighted by Crippen LogP contribution is 2.44. The normalized spacial score (nSPS) is 23.9. The van der Waals surface area contributed by atoms with Crippen molar-refractivity contribution in [3.05, 3.63) is 35.0 Å². The molecule has 0 spiro atoms. The van der Waals surface area contributed by atoms with Crippen LogP contribution in [0.1, 0.15) is 40.9 Å². The highest BCUT2D eigenvalue weighted by atomic mass is 32.1. The van der Waals surface area contributed by atoms with Crippen LogP contribution in [0.25, 0.3) is 10.4 Å². The number of fused-ring (bicyclic) bond motifs is 2. The van der Waals surface area contributed by atoms with E-state index in [0.717, 1.165) is 28.4 Å². The molecule has 1 aliphatic carbocycles. The summed E-state index contributed by atoms with van der Waals surface area (Å²) in [4.78, 5) is 23.3. The smallest absolute Gasteiger partial charge is 0.274 e. The van der Waals surface area contributed by atoms with Gasteiger partial charge in [0.2, 0.25) is 0 Å². The summed E-state index contributed by atoms with van der Waals surface area (Å²) in [6.07, 6.45) is 3.38. The van der Waals surface area contributed by atoms with Crippen LogP contribution in [0.3, 0.4) is 0 Å². The fraction of sp³-hybridized carbons (Fsp3) is 0.524. The number of aryl methyl sites for hydroxylation is 2. The van der Waals surface area contributed by atoms with Gasteiger partial charge in [-0.05, 0) is 55.7 Å². The number of benzene rings is 1. The topological polar surface area (TPSA) is 62.5 Å². The van der Waals surface area contributed by atoms with Crippen molar-refractivity contribution in [1.29, 1.82) is 0 Å². The average Bonchev–Trinajstić information content (AvgIpc) is 3.36. The first-order chi connectivity index (χ1) is 12.9. The monoisotopic (exact) mass is 384 g/mol. The molecule has 144 valence electrons. The van der Waals surface area contributed by atoms with Crippen molar-refractivity contribution in [3.63, 3.8) is 0 Å². The molecule has 0 unspecified atom stereocenters. The van der Waals surface area contributed by atoms with E-state index in [-0.39, 0.29) is 11.9 Å². The van der Waals surface area contributed by atoms with Gasteiger partial charge >= 0.3 is 0 Å². The number of nitrogens with two attached hydrogens (primary N) is 1. The van der Waals surface area contributed by atoms with E-state index in [9.17, 15) is 4.79 Å². The number of hydrogen-bond acceptors (Lipinski definition) is 5. The number of hydrogen-bond donors (Lipinski definition) is 1. The number of anilines is 1. The van der Waals surface area contributed by atoms with Gasteiger partial charge in [0.05, 0.1) is 4.88 Å². The minimum absolute atomic E-state index is 0.0511. The highest BCUT2D eigenvalue weighted by molar-refractivity contribution is 7.19. The summed E-state index contributed by atoms with van der Waals surface area (Å²) in [5.41, 5.74) is 10.2. The van der Waals surface area contributed by atoms with Gasteiger partial charge in [-0.1, -0.05) is 29.5 Å². The maximum Gasteiger partial charge on any atom is 0.274 e. The molecule has 2 bridgehead atoms. The van der Waals surface area contributed by atoms with Gasteiger partial charge in [-0.2, -0.15) is 0 Å². The standard InChI is InChI=1S/C21H28N4OS/c1-12-5-6-15(9-13(12)2)19-18(23-21(27-19)24(3)4)20(26)25-16-8-7-14(10-16)17(25)11-22/h5-6,9,14,16-17H,7-8,10-11,22H2,1-4H3/t14-,16+,17-/m0/s1. The summed E-state index contributed by atoms with van der Waals surface area (Å²) in [5.74, 6) is 0.608. The molecule has 1 saturated carbocycles. The fourth-order valence-corrected chi connectivity index (χ4v) is 5.54. The lowest BCUT2D eigenvalue weighted by Crippen LogP contribution is -2.48. The van der Waals surface area contributed by atoms with E-state index >= 15 is 0 Å². The first-order valence-corrected chi connectivity index (χ1v) is 10.5. The van der Waals surface area contributed by atoms with Crippen LogP contribution >= 0.6 is 11.3 Å². The largest absolute Gasteiger partial charge is 0.354 e. The number of amides is 1. The van der Waals surface area contributed by atoms with Gasteiger partial charge in [0.1, 0.15) is 5.69 Å². The van der Waals surface area contributed by atoms with Crippen LogP contribution in [0.4, 0.5) is 5.13 Å². The molecule has 1 amide bonds. The van der Waals surface area contributed by atoms with E-state index in [1.165, 1.54) is 17.5 Å². The number of thiazole rings is 1. The van der Waals surface area contributed by atoms with Gasteiger partial charge in [-0.15, -0.1) is 0 Å². The zero-order valence-corrected chi connectivity index (χ0v) is 17.3. The number of nitrogens with zero attached hydrogens (tertiary/aromatic N) is 3. The molecule has 4 rings (SSSR count). The molecule has 1 aromatic carbocycles. The van der Waals surface area contributed by atoms with Gasteiger partial charge in [-0.25, -0.2) is 4.98 Å². The van der Waals surface area contributed by atoms with Crippen molar-refractivity contribution in [2.24, 2.45) is 11.7 Å². The van der Waals surface area contributed by atoms with E-state index in [1.54, 1.807) is 11.3 Å². The van der Waals surface area contributed by atoms with Gasteiger partial charge in [0.25, 0.3) is 5.91 Å². The Bertz CT molecular complexity index is 875. The fourth-order valence-electron chi connectivity index (χ4n) is 4.56. The molecule has 2 aromatic rings. The summed E-state index contributed by atoms with van der Waals surface area (Å²) < 4.78 is 0. The van der Waals surface area contributed by atoms with Crippen LogP contribution in [-0.4, -0.2) is 48.5 Å². The van der Waals surface area contributed by atoms with Crippen molar-refractivity contribution in [1.82, 2.24) is 9.88 Å². The molecule has 2 heterocycles. The quantitative estimate of drug-likeness (QED) is 0.877. The van der Waals surface area contributed by atoms with E-state index in [1.807, 2.05) is 23.9 Å². The van der Waals surface area contributed by atoms with Crippen LogP contribution < -0.4 is 10.6 Å². The summed E-state index contributed by atoms with van der Waals surface area (Å²) in [6, 6.07) is 6.87. The zero-order valence-electron chi connectivity index (χ0n) is 16.5. The number of aromatic nitrogens is 1. The second-order valence-corrected chi connectivity index (χ2v) is 9.09. The number of carbonyl (C=O) groups is 1. The predicted octanol–water partition coefficient (Wildman–Crippen LogP) is 3.44. The molecular formula is C21H28N4OS. The van der Waals surface area contributed by atoms with Crippen LogP contribution in [0, 0.1) is 19.8 Å². The van der Waals surface area contributed by atoms with Gasteiger partial charge in [0, 0.05) is 32.7 Å². The third kappa shape index (κ3) is 3.05. The first kappa shape index (κ1) is 18.4. The Labute approximate surface area is 165 Å². The Kier molecular flexibility index (Phi) is 4.72. The molecule has 0 radical (unpaired) electrons. The summed E-state index contributed by atoms with van der Waals surface area (Å²) in [7, 11) is 3.94. The van der Waals surface area contributed by atoms with Crippen molar-refractivity contribution in [2.75, 3.05) is 25.5 Å². The SMILES string of the molecule is Cc1ccc(-c2sc(N(C)C)nc2C(=O)N2[C@@H]3CC[C@@H](C3)[C@@H]2CN)cc1C. The molecule has 1 saturated heterocycles. The summed E-state index contributed by atoms with van der Waals surface area (Å²) in [6.45, 7) is 4.75. The summed E-state index contributed by atoms with van der Waals surface area (Å²) in [5, 5.41) is 0.861. The minimum atomic E-state index is 0.0511. The Balaban J connectivity index is 1.77. The van der Waals surface area contributed by atoms with Gasteiger partial charge in [0.15, 0.2) is 5.13 Å². The molecular weight excluding hydrogens is 356 g/mol. The second-order valence-electron chi connectivity index (χ2n) is 8.11.